The molecule has 1 atom stereocenters. The molecule has 0 saturated heterocycles. The number of nitrogens with one attached hydrogen (secondary N) is 2. The monoisotopic (exact) mass is 304 g/mol. The Kier molecular flexibility index (Phi) is 4.83. The van der Waals surface area contributed by atoms with E-state index in [1.54, 1.807) is 31.2 Å². The maximum atomic E-state index is 13.4. The summed E-state index contributed by atoms with van der Waals surface area (Å²) in [6.45, 7) is 1.71. The SMILES string of the molecule is CC(NC(=O)C(=O)Nc1cc(F)ccc1F)c1ccccc1. The minimum atomic E-state index is -1.06. The highest BCUT2D eigenvalue weighted by atomic mass is 19.1. The van der Waals surface area contributed by atoms with Gasteiger partial charge in [-0.25, -0.2) is 8.78 Å². The highest BCUT2D eigenvalue weighted by Crippen LogP contribution is 2.15. The van der Waals surface area contributed by atoms with Crippen molar-refractivity contribution in [3.8, 4) is 0 Å². The highest BCUT2D eigenvalue weighted by molar-refractivity contribution is 6.39. The molecular weight excluding hydrogens is 290 g/mol. The van der Waals surface area contributed by atoms with E-state index in [-0.39, 0.29) is 5.69 Å². The van der Waals surface area contributed by atoms with Gasteiger partial charge in [-0.1, -0.05) is 30.3 Å². The molecule has 0 aromatic heterocycles. The van der Waals surface area contributed by atoms with Crippen LogP contribution in [-0.4, -0.2) is 11.8 Å². The summed E-state index contributed by atoms with van der Waals surface area (Å²) < 4.78 is 26.4. The Hall–Kier alpha value is -2.76. The number of carbonyl (C=O) groups is 2. The Bertz CT molecular complexity index is 690. The molecule has 0 radical (unpaired) electrons. The number of benzene rings is 2. The van der Waals surface area contributed by atoms with Gasteiger partial charge in [0.05, 0.1) is 11.7 Å². The lowest BCUT2D eigenvalue weighted by molar-refractivity contribution is -0.136. The van der Waals surface area contributed by atoms with Crippen molar-refractivity contribution in [1.29, 1.82) is 0 Å². The maximum Gasteiger partial charge on any atom is 0.313 e. The van der Waals surface area contributed by atoms with Crippen LogP contribution < -0.4 is 10.6 Å². The third-order valence-electron chi connectivity index (χ3n) is 3.03. The van der Waals surface area contributed by atoms with E-state index in [1.807, 2.05) is 11.4 Å². The van der Waals surface area contributed by atoms with Gasteiger partial charge in [0.25, 0.3) is 0 Å². The fraction of sp³-hybridized carbons (Fsp3) is 0.125. The van der Waals surface area contributed by atoms with Crippen molar-refractivity contribution in [1.82, 2.24) is 5.32 Å². The molecule has 0 aliphatic heterocycles. The van der Waals surface area contributed by atoms with Gasteiger partial charge < -0.3 is 10.6 Å². The van der Waals surface area contributed by atoms with Gasteiger partial charge >= 0.3 is 11.8 Å². The van der Waals surface area contributed by atoms with Crippen molar-refractivity contribution < 1.29 is 18.4 Å². The van der Waals surface area contributed by atoms with Gasteiger partial charge in [-0.05, 0) is 24.6 Å². The molecule has 2 aromatic carbocycles. The second kappa shape index (κ2) is 6.80. The third-order valence-corrected chi connectivity index (χ3v) is 3.03. The van der Waals surface area contributed by atoms with E-state index in [0.717, 1.165) is 23.8 Å². The Morgan fingerprint density at radius 2 is 1.68 bits per heavy atom. The van der Waals surface area contributed by atoms with Crippen LogP contribution in [-0.2, 0) is 9.59 Å². The van der Waals surface area contributed by atoms with Gasteiger partial charge in [-0.3, -0.25) is 9.59 Å². The molecule has 0 aliphatic carbocycles. The summed E-state index contributed by atoms with van der Waals surface area (Å²) in [5, 5.41) is 4.52. The van der Waals surface area contributed by atoms with E-state index in [1.165, 1.54) is 0 Å². The van der Waals surface area contributed by atoms with Crippen LogP contribution in [0.5, 0.6) is 0 Å². The first-order valence-electron chi connectivity index (χ1n) is 6.59. The standard InChI is InChI=1S/C16H14F2N2O2/c1-10(11-5-3-2-4-6-11)19-15(21)16(22)20-14-9-12(17)7-8-13(14)18/h2-10H,1H3,(H,19,21)(H,20,22). The van der Waals surface area contributed by atoms with Crippen LogP contribution in [0.3, 0.4) is 0 Å². The number of hydrogen-bond donors (Lipinski definition) is 2. The fourth-order valence-electron chi connectivity index (χ4n) is 1.86. The zero-order valence-electron chi connectivity index (χ0n) is 11.8. The van der Waals surface area contributed by atoms with Crippen LogP contribution in [0.4, 0.5) is 14.5 Å². The van der Waals surface area contributed by atoms with Gasteiger partial charge in [0.15, 0.2) is 0 Å². The molecule has 0 fully saturated rings. The van der Waals surface area contributed by atoms with Gasteiger partial charge in [0, 0.05) is 6.07 Å². The Morgan fingerprint density at radius 1 is 1.00 bits per heavy atom. The lowest BCUT2D eigenvalue weighted by Gasteiger charge is -2.14. The normalized spacial score (nSPS) is 11.6. The molecule has 0 saturated carbocycles. The molecule has 0 bridgehead atoms. The first kappa shape index (κ1) is 15.6. The lowest BCUT2D eigenvalue weighted by Crippen LogP contribution is -2.37. The number of anilines is 1. The Morgan fingerprint density at radius 3 is 2.36 bits per heavy atom. The van der Waals surface area contributed by atoms with Crippen LogP contribution in [0.2, 0.25) is 0 Å². The quantitative estimate of drug-likeness (QED) is 0.857. The van der Waals surface area contributed by atoms with Gasteiger partial charge in [0.2, 0.25) is 0 Å². The number of carbonyl (C=O) groups excluding carboxylic acids is 2. The molecule has 1 unspecified atom stereocenters. The summed E-state index contributed by atoms with van der Waals surface area (Å²) in [6, 6.07) is 11.2. The molecule has 2 rings (SSSR count). The summed E-state index contributed by atoms with van der Waals surface area (Å²) in [4.78, 5) is 23.5. The van der Waals surface area contributed by atoms with Crippen LogP contribution in [0, 0.1) is 11.6 Å². The van der Waals surface area contributed by atoms with E-state index in [2.05, 4.69) is 5.32 Å². The molecule has 0 heterocycles. The Labute approximate surface area is 126 Å². The van der Waals surface area contributed by atoms with Crippen molar-refractivity contribution in [3.05, 3.63) is 65.7 Å². The van der Waals surface area contributed by atoms with Gasteiger partial charge in [-0.15, -0.1) is 0 Å². The summed E-state index contributed by atoms with van der Waals surface area (Å²) >= 11 is 0. The van der Waals surface area contributed by atoms with Gasteiger partial charge in [0.1, 0.15) is 11.6 Å². The fourth-order valence-corrected chi connectivity index (χ4v) is 1.86. The van der Waals surface area contributed by atoms with E-state index in [0.29, 0.717) is 0 Å². The topological polar surface area (TPSA) is 58.2 Å². The van der Waals surface area contributed by atoms with E-state index in [9.17, 15) is 18.4 Å². The number of rotatable bonds is 3. The van der Waals surface area contributed by atoms with E-state index >= 15 is 0 Å². The lowest BCUT2D eigenvalue weighted by atomic mass is 10.1. The minimum Gasteiger partial charge on any atom is -0.341 e. The summed E-state index contributed by atoms with van der Waals surface area (Å²) in [6.07, 6.45) is 0. The zero-order chi connectivity index (χ0) is 16.1. The summed E-state index contributed by atoms with van der Waals surface area (Å²) in [5.41, 5.74) is 0.438. The molecule has 4 nitrogen and oxygen atoms in total. The average molecular weight is 304 g/mol. The van der Waals surface area contributed by atoms with Crippen molar-refractivity contribution in [2.75, 3.05) is 5.32 Å². The van der Waals surface area contributed by atoms with E-state index in [4.69, 9.17) is 0 Å². The van der Waals surface area contributed by atoms with Crippen LogP contribution in [0.15, 0.2) is 48.5 Å². The zero-order valence-corrected chi connectivity index (χ0v) is 11.8. The van der Waals surface area contributed by atoms with Crippen molar-refractivity contribution in [2.45, 2.75) is 13.0 Å². The molecule has 6 heteroatoms. The average Bonchev–Trinajstić information content (AvgIpc) is 2.51. The summed E-state index contributed by atoms with van der Waals surface area (Å²) in [7, 11) is 0. The van der Waals surface area contributed by atoms with Crippen LogP contribution >= 0.6 is 0 Å². The van der Waals surface area contributed by atoms with Crippen LogP contribution in [0.25, 0.3) is 0 Å². The largest absolute Gasteiger partial charge is 0.341 e. The van der Waals surface area contributed by atoms with Crippen molar-refractivity contribution in [3.63, 3.8) is 0 Å². The van der Waals surface area contributed by atoms with Crippen molar-refractivity contribution in [2.24, 2.45) is 0 Å². The molecule has 2 N–H and O–H groups in total. The second-order valence-electron chi connectivity index (χ2n) is 4.68. The molecule has 114 valence electrons. The van der Waals surface area contributed by atoms with Crippen molar-refractivity contribution >= 4 is 17.5 Å². The molecule has 0 spiro atoms. The Balaban J connectivity index is 2.01. The predicted molar refractivity (Wildman–Crippen MR) is 78.0 cm³/mol. The minimum absolute atomic E-state index is 0.382. The van der Waals surface area contributed by atoms with Gasteiger partial charge in [-0.2, -0.15) is 0 Å². The molecule has 2 amide bonds. The molecule has 22 heavy (non-hydrogen) atoms. The predicted octanol–water partition coefficient (Wildman–Crippen LogP) is 2.78. The highest BCUT2D eigenvalue weighted by Gasteiger charge is 2.18. The van der Waals surface area contributed by atoms with E-state index < -0.39 is 29.5 Å². The first-order valence-corrected chi connectivity index (χ1v) is 6.59. The smallest absolute Gasteiger partial charge is 0.313 e. The molecular formula is C16H14F2N2O2. The van der Waals surface area contributed by atoms with Crippen LogP contribution in [0.1, 0.15) is 18.5 Å². The third kappa shape index (κ3) is 3.88. The number of amides is 2. The second-order valence-corrected chi connectivity index (χ2v) is 4.68. The number of hydrogen-bond acceptors (Lipinski definition) is 2. The first-order chi connectivity index (χ1) is 10.5. The molecule has 2 aromatic rings. The summed E-state index contributed by atoms with van der Waals surface area (Å²) in [5.74, 6) is -3.53. The molecule has 0 aliphatic rings. The maximum absolute atomic E-state index is 13.4. The number of halogens is 2.